The summed E-state index contributed by atoms with van der Waals surface area (Å²) in [5.74, 6) is -1.54. The van der Waals surface area contributed by atoms with Crippen LogP contribution in [0.3, 0.4) is 0 Å². The maximum absolute atomic E-state index is 11.6. The van der Waals surface area contributed by atoms with E-state index in [1.165, 1.54) is 0 Å². The lowest BCUT2D eigenvalue weighted by molar-refractivity contribution is -0.136. The second-order valence-corrected chi connectivity index (χ2v) is 4.85. The van der Waals surface area contributed by atoms with Crippen molar-refractivity contribution in [3.05, 3.63) is 28.2 Å². The van der Waals surface area contributed by atoms with Crippen LogP contribution in [0.5, 0.6) is 0 Å². The Morgan fingerprint density at radius 2 is 2.06 bits per heavy atom. The highest BCUT2D eigenvalue weighted by Gasteiger charge is 2.16. The average Bonchev–Trinajstić information content (AvgIpc) is 2.33. The fraction of sp³-hybridized carbons (Fsp3) is 0.333. The lowest BCUT2D eigenvalue weighted by Gasteiger charge is -2.11. The van der Waals surface area contributed by atoms with Gasteiger partial charge in [0.1, 0.15) is 0 Å². The SMILES string of the molecule is Cc1ccc(Br)c(NC(=O)C(=O)NC(C)CO)c1. The predicted octanol–water partition coefficient (Wildman–Crippen LogP) is 1.19. The molecule has 1 atom stereocenters. The Kier molecular flexibility index (Phi) is 5.30. The molecule has 0 radical (unpaired) electrons. The highest BCUT2D eigenvalue weighted by molar-refractivity contribution is 9.10. The number of hydrogen-bond acceptors (Lipinski definition) is 3. The van der Waals surface area contributed by atoms with E-state index in [1.807, 2.05) is 13.0 Å². The summed E-state index contributed by atoms with van der Waals surface area (Å²) in [7, 11) is 0. The van der Waals surface area contributed by atoms with Gasteiger partial charge < -0.3 is 15.7 Å². The summed E-state index contributed by atoms with van der Waals surface area (Å²) in [5, 5.41) is 13.6. The van der Waals surface area contributed by atoms with E-state index in [0.717, 1.165) is 5.56 Å². The van der Waals surface area contributed by atoms with Crippen LogP contribution in [-0.4, -0.2) is 29.6 Å². The molecule has 0 spiro atoms. The number of aliphatic hydroxyl groups excluding tert-OH is 1. The number of halogens is 1. The van der Waals surface area contributed by atoms with E-state index in [9.17, 15) is 9.59 Å². The van der Waals surface area contributed by atoms with Crippen molar-refractivity contribution < 1.29 is 14.7 Å². The van der Waals surface area contributed by atoms with E-state index in [1.54, 1.807) is 19.1 Å². The van der Waals surface area contributed by atoms with Gasteiger partial charge in [-0.1, -0.05) is 6.07 Å². The number of nitrogens with one attached hydrogen (secondary N) is 2. The van der Waals surface area contributed by atoms with Crippen LogP contribution in [0.2, 0.25) is 0 Å². The monoisotopic (exact) mass is 314 g/mol. The second-order valence-electron chi connectivity index (χ2n) is 3.99. The van der Waals surface area contributed by atoms with Crippen LogP contribution >= 0.6 is 15.9 Å². The highest BCUT2D eigenvalue weighted by Crippen LogP contribution is 2.23. The number of aliphatic hydroxyl groups is 1. The summed E-state index contributed by atoms with van der Waals surface area (Å²) in [6.07, 6.45) is 0. The van der Waals surface area contributed by atoms with Crippen molar-refractivity contribution in [3.8, 4) is 0 Å². The number of rotatable bonds is 3. The molecule has 5 nitrogen and oxygen atoms in total. The number of aryl methyl sites for hydroxylation is 1. The van der Waals surface area contributed by atoms with Crippen LogP contribution in [-0.2, 0) is 9.59 Å². The average molecular weight is 315 g/mol. The molecule has 98 valence electrons. The van der Waals surface area contributed by atoms with Crippen LogP contribution in [0.1, 0.15) is 12.5 Å². The molecule has 0 fully saturated rings. The van der Waals surface area contributed by atoms with Crippen LogP contribution in [0.4, 0.5) is 5.69 Å². The Labute approximate surface area is 114 Å². The van der Waals surface area contributed by atoms with E-state index < -0.39 is 17.9 Å². The third-order valence-electron chi connectivity index (χ3n) is 2.23. The largest absolute Gasteiger partial charge is 0.394 e. The molecule has 0 aliphatic rings. The fourth-order valence-electron chi connectivity index (χ4n) is 1.25. The molecule has 1 aromatic carbocycles. The number of hydrogen-bond donors (Lipinski definition) is 3. The van der Waals surface area contributed by atoms with Crippen LogP contribution in [0.15, 0.2) is 22.7 Å². The Bertz CT molecular complexity index is 463. The topological polar surface area (TPSA) is 78.4 Å². The van der Waals surface area contributed by atoms with Crippen molar-refractivity contribution in [3.63, 3.8) is 0 Å². The summed E-state index contributed by atoms with van der Waals surface area (Å²) in [6, 6.07) is 4.97. The van der Waals surface area contributed by atoms with Crippen molar-refractivity contribution in [2.45, 2.75) is 19.9 Å². The van der Waals surface area contributed by atoms with Crippen molar-refractivity contribution in [1.29, 1.82) is 0 Å². The molecule has 18 heavy (non-hydrogen) atoms. The molecule has 3 N–H and O–H groups in total. The third kappa shape index (κ3) is 4.12. The van der Waals surface area contributed by atoms with Gasteiger partial charge in [0.2, 0.25) is 0 Å². The first-order valence-electron chi connectivity index (χ1n) is 5.43. The molecule has 1 rings (SSSR count). The van der Waals surface area contributed by atoms with Gasteiger partial charge in [0, 0.05) is 10.5 Å². The second kappa shape index (κ2) is 6.51. The maximum atomic E-state index is 11.6. The molecular weight excluding hydrogens is 300 g/mol. The third-order valence-corrected chi connectivity index (χ3v) is 2.92. The van der Waals surface area contributed by atoms with Crippen LogP contribution < -0.4 is 10.6 Å². The van der Waals surface area contributed by atoms with Gasteiger partial charge in [0.15, 0.2) is 0 Å². The first-order valence-corrected chi connectivity index (χ1v) is 6.22. The number of amides is 2. The number of anilines is 1. The highest BCUT2D eigenvalue weighted by atomic mass is 79.9. The summed E-state index contributed by atoms with van der Waals surface area (Å²) in [6.45, 7) is 3.27. The zero-order valence-electron chi connectivity index (χ0n) is 10.2. The van der Waals surface area contributed by atoms with E-state index >= 15 is 0 Å². The van der Waals surface area contributed by atoms with Crippen molar-refractivity contribution in [1.82, 2.24) is 5.32 Å². The number of carbonyl (C=O) groups excluding carboxylic acids is 2. The number of benzene rings is 1. The van der Waals surface area contributed by atoms with E-state index in [0.29, 0.717) is 10.2 Å². The van der Waals surface area contributed by atoms with Crippen LogP contribution in [0, 0.1) is 6.92 Å². The molecule has 1 aromatic rings. The van der Waals surface area contributed by atoms with Gasteiger partial charge in [0.05, 0.1) is 12.3 Å². The standard InChI is InChI=1S/C12H15BrN2O3/c1-7-3-4-9(13)10(5-7)15-12(18)11(17)14-8(2)6-16/h3-5,8,16H,6H2,1-2H3,(H,14,17)(H,15,18). The summed E-state index contributed by atoms with van der Waals surface area (Å²) in [4.78, 5) is 23.1. The molecule has 0 saturated heterocycles. The summed E-state index contributed by atoms with van der Waals surface area (Å²) >= 11 is 3.29. The quantitative estimate of drug-likeness (QED) is 0.733. The molecule has 0 aliphatic heterocycles. The molecule has 2 amide bonds. The molecule has 6 heteroatoms. The van der Waals surface area contributed by atoms with Crippen molar-refractivity contribution >= 4 is 33.4 Å². The first-order chi connectivity index (χ1) is 8.43. The molecule has 0 aliphatic carbocycles. The Morgan fingerprint density at radius 3 is 2.67 bits per heavy atom. The molecule has 1 unspecified atom stereocenters. The Hall–Kier alpha value is -1.40. The van der Waals surface area contributed by atoms with Crippen molar-refractivity contribution in [2.75, 3.05) is 11.9 Å². The molecule has 0 bridgehead atoms. The van der Waals surface area contributed by atoms with Gasteiger partial charge in [0.25, 0.3) is 0 Å². The minimum Gasteiger partial charge on any atom is -0.394 e. The van der Waals surface area contributed by atoms with Crippen molar-refractivity contribution in [2.24, 2.45) is 0 Å². The van der Waals surface area contributed by atoms with Gasteiger partial charge in [-0.05, 0) is 47.5 Å². The van der Waals surface area contributed by atoms with E-state index in [2.05, 4.69) is 26.6 Å². The van der Waals surface area contributed by atoms with Gasteiger partial charge in [-0.3, -0.25) is 9.59 Å². The summed E-state index contributed by atoms with van der Waals surface area (Å²) < 4.78 is 0.699. The van der Waals surface area contributed by atoms with Crippen LogP contribution in [0.25, 0.3) is 0 Å². The molecule has 0 aromatic heterocycles. The van der Waals surface area contributed by atoms with E-state index in [-0.39, 0.29) is 6.61 Å². The number of carbonyl (C=O) groups is 2. The van der Waals surface area contributed by atoms with Gasteiger partial charge in [-0.2, -0.15) is 0 Å². The summed E-state index contributed by atoms with van der Waals surface area (Å²) in [5.41, 5.74) is 1.50. The predicted molar refractivity (Wildman–Crippen MR) is 72.2 cm³/mol. The lowest BCUT2D eigenvalue weighted by atomic mass is 10.2. The molecule has 0 saturated carbocycles. The van der Waals surface area contributed by atoms with Gasteiger partial charge >= 0.3 is 11.8 Å². The normalized spacial score (nSPS) is 11.8. The van der Waals surface area contributed by atoms with E-state index in [4.69, 9.17) is 5.11 Å². The molecular formula is C12H15BrN2O3. The zero-order chi connectivity index (χ0) is 13.7. The minimum absolute atomic E-state index is 0.215. The van der Waals surface area contributed by atoms with Gasteiger partial charge in [-0.15, -0.1) is 0 Å². The zero-order valence-corrected chi connectivity index (χ0v) is 11.7. The maximum Gasteiger partial charge on any atom is 0.313 e. The first kappa shape index (κ1) is 14.7. The Balaban J connectivity index is 2.69. The van der Waals surface area contributed by atoms with Gasteiger partial charge in [-0.25, -0.2) is 0 Å². The Morgan fingerprint density at radius 1 is 1.39 bits per heavy atom. The molecule has 0 heterocycles. The fourth-order valence-corrected chi connectivity index (χ4v) is 1.59. The smallest absolute Gasteiger partial charge is 0.313 e. The lowest BCUT2D eigenvalue weighted by Crippen LogP contribution is -2.42. The minimum atomic E-state index is -0.773.